The average Bonchev–Trinajstić information content (AvgIpc) is 2.45. The molecular weight excluding hydrogens is 278 g/mol. The van der Waals surface area contributed by atoms with Gasteiger partial charge in [0.05, 0.1) is 6.61 Å². The van der Waals surface area contributed by atoms with Gasteiger partial charge in [-0.3, -0.25) is 9.59 Å². The molecule has 0 aromatic heterocycles. The number of esters is 1. The molecule has 4 nitrogen and oxygen atoms in total. The predicted molar refractivity (Wildman–Crippen MR) is 88.0 cm³/mol. The number of carbonyl (C=O) groups is 2. The molecule has 1 aromatic rings. The Morgan fingerprint density at radius 2 is 1.68 bits per heavy atom. The molecule has 0 unspecified atom stereocenters. The first-order valence-electron chi connectivity index (χ1n) is 7.85. The van der Waals surface area contributed by atoms with E-state index in [4.69, 9.17) is 4.74 Å². The van der Waals surface area contributed by atoms with Crippen LogP contribution in [0.1, 0.15) is 57.0 Å². The number of carbonyl (C=O) groups excluding carboxylic acids is 2. The summed E-state index contributed by atoms with van der Waals surface area (Å²) in [5, 5.41) is 0. The summed E-state index contributed by atoms with van der Waals surface area (Å²) in [6.45, 7) is 11.0. The van der Waals surface area contributed by atoms with Crippen LogP contribution in [0.3, 0.4) is 0 Å². The third-order valence-electron chi connectivity index (χ3n) is 3.40. The van der Waals surface area contributed by atoms with Crippen LogP contribution in [0.4, 0.5) is 0 Å². The van der Waals surface area contributed by atoms with Gasteiger partial charge in [0.1, 0.15) is 6.54 Å². The van der Waals surface area contributed by atoms with Gasteiger partial charge in [-0.1, -0.05) is 39.8 Å². The molecule has 0 atom stereocenters. The molecule has 0 saturated carbocycles. The molecule has 0 N–H and O–H groups in total. The van der Waals surface area contributed by atoms with Crippen LogP contribution >= 0.6 is 0 Å². The van der Waals surface area contributed by atoms with Gasteiger partial charge in [0.2, 0.25) is 0 Å². The first-order valence-corrected chi connectivity index (χ1v) is 7.85. The van der Waals surface area contributed by atoms with Gasteiger partial charge in [0, 0.05) is 12.1 Å². The van der Waals surface area contributed by atoms with E-state index < -0.39 is 0 Å². The maximum atomic E-state index is 12.6. The molecule has 0 aliphatic rings. The monoisotopic (exact) mass is 305 g/mol. The number of hydrogen-bond acceptors (Lipinski definition) is 3. The van der Waals surface area contributed by atoms with Crippen molar-refractivity contribution in [3.63, 3.8) is 0 Å². The SMILES string of the molecule is CCCN(CC(=O)OCC)C(=O)c1ccc(C(C)(C)C)cc1. The smallest absolute Gasteiger partial charge is 0.325 e. The standard InChI is InChI=1S/C18H27NO3/c1-6-12-19(13-16(20)22-7-2)17(21)14-8-10-15(11-9-14)18(3,4)5/h8-11H,6-7,12-13H2,1-5H3. The van der Waals surface area contributed by atoms with Gasteiger partial charge in [-0.2, -0.15) is 0 Å². The van der Waals surface area contributed by atoms with E-state index in [1.54, 1.807) is 11.8 Å². The molecule has 0 heterocycles. The van der Waals surface area contributed by atoms with Crippen LogP contribution in [-0.4, -0.2) is 36.5 Å². The van der Waals surface area contributed by atoms with Crippen molar-refractivity contribution in [3.8, 4) is 0 Å². The maximum absolute atomic E-state index is 12.6. The van der Waals surface area contributed by atoms with E-state index in [2.05, 4.69) is 20.8 Å². The van der Waals surface area contributed by atoms with Crippen LogP contribution < -0.4 is 0 Å². The van der Waals surface area contributed by atoms with Crippen LogP contribution in [-0.2, 0) is 14.9 Å². The maximum Gasteiger partial charge on any atom is 0.325 e. The molecule has 1 rings (SSSR count). The predicted octanol–water partition coefficient (Wildman–Crippen LogP) is 3.40. The number of amides is 1. The fourth-order valence-corrected chi connectivity index (χ4v) is 2.18. The lowest BCUT2D eigenvalue weighted by Crippen LogP contribution is -2.37. The summed E-state index contributed by atoms with van der Waals surface area (Å²) >= 11 is 0. The van der Waals surface area contributed by atoms with Gasteiger partial charge >= 0.3 is 5.97 Å². The van der Waals surface area contributed by atoms with Gasteiger partial charge in [-0.15, -0.1) is 0 Å². The summed E-state index contributed by atoms with van der Waals surface area (Å²) in [7, 11) is 0. The van der Waals surface area contributed by atoms with Crippen molar-refractivity contribution in [1.82, 2.24) is 4.90 Å². The molecule has 0 radical (unpaired) electrons. The van der Waals surface area contributed by atoms with Crippen molar-refractivity contribution < 1.29 is 14.3 Å². The summed E-state index contributed by atoms with van der Waals surface area (Å²) in [4.78, 5) is 25.7. The van der Waals surface area contributed by atoms with Gasteiger partial charge in [0.15, 0.2) is 0 Å². The van der Waals surface area contributed by atoms with E-state index >= 15 is 0 Å². The van der Waals surface area contributed by atoms with Crippen molar-refractivity contribution in [1.29, 1.82) is 0 Å². The Bertz CT molecular complexity index is 500. The van der Waals surface area contributed by atoms with Gasteiger partial charge < -0.3 is 9.64 Å². The van der Waals surface area contributed by atoms with Crippen LogP contribution in [0.5, 0.6) is 0 Å². The summed E-state index contributed by atoms with van der Waals surface area (Å²) in [6.07, 6.45) is 0.797. The molecule has 0 saturated heterocycles. The Kier molecular flexibility index (Phi) is 6.60. The highest BCUT2D eigenvalue weighted by Crippen LogP contribution is 2.22. The number of hydrogen-bond donors (Lipinski definition) is 0. The number of benzene rings is 1. The fourth-order valence-electron chi connectivity index (χ4n) is 2.18. The number of nitrogens with zero attached hydrogens (tertiary/aromatic N) is 1. The summed E-state index contributed by atoms with van der Waals surface area (Å²) < 4.78 is 4.94. The lowest BCUT2D eigenvalue weighted by molar-refractivity contribution is -0.143. The van der Waals surface area contributed by atoms with Crippen LogP contribution in [0.25, 0.3) is 0 Å². The lowest BCUT2D eigenvalue weighted by Gasteiger charge is -2.22. The van der Waals surface area contributed by atoms with Crippen molar-refractivity contribution in [2.75, 3.05) is 19.7 Å². The van der Waals surface area contributed by atoms with Gasteiger partial charge in [0.25, 0.3) is 5.91 Å². The van der Waals surface area contributed by atoms with Crippen molar-refractivity contribution in [3.05, 3.63) is 35.4 Å². The highest BCUT2D eigenvalue weighted by molar-refractivity contribution is 5.96. The molecule has 122 valence electrons. The Morgan fingerprint density at radius 3 is 2.14 bits per heavy atom. The third kappa shape index (κ3) is 5.17. The second kappa shape index (κ2) is 7.97. The molecule has 4 heteroatoms. The van der Waals surface area contributed by atoms with Crippen molar-refractivity contribution >= 4 is 11.9 Å². The zero-order valence-electron chi connectivity index (χ0n) is 14.3. The molecule has 0 fully saturated rings. The largest absolute Gasteiger partial charge is 0.465 e. The minimum absolute atomic E-state index is 0.00152. The van der Waals surface area contributed by atoms with Gasteiger partial charge in [-0.25, -0.2) is 0 Å². The minimum Gasteiger partial charge on any atom is -0.465 e. The summed E-state index contributed by atoms with van der Waals surface area (Å²) in [5.74, 6) is -0.494. The second-order valence-corrected chi connectivity index (χ2v) is 6.36. The molecule has 0 spiro atoms. The number of ether oxygens (including phenoxy) is 1. The van der Waals surface area contributed by atoms with Crippen molar-refractivity contribution in [2.45, 2.75) is 46.5 Å². The second-order valence-electron chi connectivity index (χ2n) is 6.36. The molecule has 0 aliphatic heterocycles. The molecular formula is C18H27NO3. The van der Waals surface area contributed by atoms with Gasteiger partial charge in [-0.05, 0) is 36.5 Å². The Labute approximate surface area is 133 Å². The molecule has 0 aliphatic carbocycles. The molecule has 22 heavy (non-hydrogen) atoms. The minimum atomic E-state index is -0.365. The fraction of sp³-hybridized carbons (Fsp3) is 0.556. The average molecular weight is 305 g/mol. The van der Waals surface area contributed by atoms with Crippen LogP contribution in [0, 0.1) is 0 Å². The molecule has 1 amide bonds. The van der Waals surface area contributed by atoms with Crippen molar-refractivity contribution in [2.24, 2.45) is 0 Å². The molecule has 0 bridgehead atoms. The Morgan fingerprint density at radius 1 is 1.09 bits per heavy atom. The van der Waals surface area contributed by atoms with Crippen LogP contribution in [0.2, 0.25) is 0 Å². The Balaban J connectivity index is 2.87. The zero-order valence-corrected chi connectivity index (χ0v) is 14.3. The zero-order chi connectivity index (χ0) is 16.8. The first-order chi connectivity index (χ1) is 10.3. The van der Waals surface area contributed by atoms with E-state index in [0.29, 0.717) is 18.7 Å². The highest BCUT2D eigenvalue weighted by atomic mass is 16.5. The van der Waals surface area contributed by atoms with E-state index in [9.17, 15) is 9.59 Å². The Hall–Kier alpha value is -1.84. The number of rotatable bonds is 6. The van der Waals surface area contributed by atoms with E-state index in [0.717, 1.165) is 6.42 Å². The third-order valence-corrected chi connectivity index (χ3v) is 3.40. The van der Waals surface area contributed by atoms with Crippen LogP contribution in [0.15, 0.2) is 24.3 Å². The molecule has 1 aromatic carbocycles. The van der Waals surface area contributed by atoms with E-state index in [1.165, 1.54) is 5.56 Å². The van der Waals surface area contributed by atoms with E-state index in [-0.39, 0.29) is 23.8 Å². The quantitative estimate of drug-likeness (QED) is 0.757. The topological polar surface area (TPSA) is 46.6 Å². The normalized spacial score (nSPS) is 11.1. The highest BCUT2D eigenvalue weighted by Gasteiger charge is 2.20. The lowest BCUT2D eigenvalue weighted by atomic mass is 9.86. The first kappa shape index (κ1) is 18.2. The summed E-state index contributed by atoms with van der Waals surface area (Å²) in [5.41, 5.74) is 1.83. The summed E-state index contributed by atoms with van der Waals surface area (Å²) in [6, 6.07) is 7.61. The van der Waals surface area contributed by atoms with E-state index in [1.807, 2.05) is 31.2 Å².